The number of terminal acetylenes is 1. The summed E-state index contributed by atoms with van der Waals surface area (Å²) in [6.45, 7) is 9.09. The molecule has 0 radical (unpaired) electrons. The Bertz CT molecular complexity index is 1120. The van der Waals surface area contributed by atoms with Gasteiger partial charge in [0.15, 0.2) is 0 Å². The minimum atomic E-state index is -1.40. The summed E-state index contributed by atoms with van der Waals surface area (Å²) in [6, 6.07) is 4.09. The second-order valence-corrected chi connectivity index (χ2v) is 11.1. The van der Waals surface area contributed by atoms with Crippen molar-refractivity contribution in [2.24, 2.45) is 5.73 Å². The summed E-state index contributed by atoms with van der Waals surface area (Å²) in [5, 5.41) is 5.18. The molecule has 1 rings (SSSR count). The van der Waals surface area contributed by atoms with Gasteiger partial charge in [-0.3, -0.25) is 19.2 Å². The molecule has 0 heterocycles. The van der Waals surface area contributed by atoms with Gasteiger partial charge in [-0.2, -0.15) is 0 Å². The Morgan fingerprint density at radius 3 is 2.28 bits per heavy atom. The quantitative estimate of drug-likeness (QED) is 0.132. The van der Waals surface area contributed by atoms with Gasteiger partial charge in [-0.05, 0) is 45.7 Å². The predicted octanol–water partition coefficient (Wildman–Crippen LogP) is 3.74. The highest BCUT2D eigenvalue weighted by Crippen LogP contribution is 2.27. The van der Waals surface area contributed by atoms with Crippen molar-refractivity contribution in [1.82, 2.24) is 15.5 Å². The van der Waals surface area contributed by atoms with E-state index in [2.05, 4.69) is 23.5 Å². The molecular weight excluding hydrogens is 552 g/mol. The number of ether oxygens (including phenoxy) is 2. The number of nitrogens with two attached hydrogens (primary N) is 1. The Morgan fingerprint density at radius 1 is 1.02 bits per heavy atom. The Labute approximate surface area is 255 Å². The van der Waals surface area contributed by atoms with E-state index in [1.54, 1.807) is 52.0 Å². The van der Waals surface area contributed by atoms with Crippen LogP contribution >= 0.6 is 0 Å². The molecule has 0 saturated heterocycles. The second kappa shape index (κ2) is 19.2. The van der Waals surface area contributed by atoms with Gasteiger partial charge in [0.25, 0.3) is 0 Å². The average molecular weight is 601 g/mol. The summed E-state index contributed by atoms with van der Waals surface area (Å²) in [7, 11) is 0. The summed E-state index contributed by atoms with van der Waals surface area (Å²) in [4.78, 5) is 65.9. The normalized spacial score (nSPS) is 12.3. The van der Waals surface area contributed by atoms with Crippen LogP contribution in [0.25, 0.3) is 0 Å². The van der Waals surface area contributed by atoms with Crippen LogP contribution in [0, 0.1) is 12.3 Å². The van der Waals surface area contributed by atoms with Gasteiger partial charge in [0.1, 0.15) is 17.7 Å². The molecule has 0 aliphatic heterocycles. The first kappa shape index (κ1) is 37.0. The molecule has 1 aromatic carbocycles. The number of nitrogens with zero attached hydrogens (tertiary/aromatic N) is 1. The van der Waals surface area contributed by atoms with Crippen LogP contribution < -0.4 is 16.4 Å². The molecule has 2 unspecified atom stereocenters. The van der Waals surface area contributed by atoms with Gasteiger partial charge >= 0.3 is 12.1 Å². The fourth-order valence-corrected chi connectivity index (χ4v) is 4.42. The van der Waals surface area contributed by atoms with Crippen molar-refractivity contribution in [2.75, 3.05) is 19.7 Å². The Kier molecular flexibility index (Phi) is 16.5. The first-order valence-electron chi connectivity index (χ1n) is 14.9. The van der Waals surface area contributed by atoms with Crippen molar-refractivity contribution in [1.29, 1.82) is 0 Å². The van der Waals surface area contributed by atoms with E-state index < -0.39 is 53.9 Å². The first-order chi connectivity index (χ1) is 20.3. The third-order valence-electron chi connectivity index (χ3n) is 6.33. The van der Waals surface area contributed by atoms with Crippen molar-refractivity contribution in [3.8, 4) is 12.3 Å². The van der Waals surface area contributed by atoms with E-state index in [4.69, 9.17) is 21.6 Å². The average Bonchev–Trinajstić information content (AvgIpc) is 2.92. The lowest BCUT2D eigenvalue weighted by Crippen LogP contribution is -2.54. The fraction of sp³-hybridized carbons (Fsp3) is 0.594. The lowest BCUT2D eigenvalue weighted by atomic mass is 9.96. The summed E-state index contributed by atoms with van der Waals surface area (Å²) < 4.78 is 10.3. The van der Waals surface area contributed by atoms with E-state index in [1.807, 2.05) is 0 Å². The molecule has 0 spiro atoms. The number of carbonyl (C=O) groups is 5. The molecule has 0 aromatic heterocycles. The van der Waals surface area contributed by atoms with Crippen LogP contribution in [0.2, 0.25) is 0 Å². The van der Waals surface area contributed by atoms with Gasteiger partial charge in [0.2, 0.25) is 17.7 Å². The molecule has 0 aliphatic carbocycles. The van der Waals surface area contributed by atoms with Crippen LogP contribution in [0.15, 0.2) is 24.3 Å². The molecular formula is C32H48N4O7. The Morgan fingerprint density at radius 2 is 1.67 bits per heavy atom. The minimum absolute atomic E-state index is 0.0354. The van der Waals surface area contributed by atoms with Gasteiger partial charge in [0.05, 0.1) is 19.4 Å². The van der Waals surface area contributed by atoms with Crippen molar-refractivity contribution < 1.29 is 33.4 Å². The lowest BCUT2D eigenvalue weighted by molar-refractivity contribution is -0.144. The Balaban J connectivity index is 3.52. The van der Waals surface area contributed by atoms with Crippen molar-refractivity contribution >= 4 is 29.8 Å². The van der Waals surface area contributed by atoms with E-state index in [9.17, 15) is 24.0 Å². The smallest absolute Gasteiger partial charge is 0.408 e. The number of alkyl carbamates (subject to hydrolysis) is 1. The molecule has 4 amide bonds. The highest BCUT2D eigenvalue weighted by molar-refractivity contribution is 5.95. The molecule has 0 bridgehead atoms. The molecule has 238 valence electrons. The van der Waals surface area contributed by atoms with Crippen LogP contribution in [-0.4, -0.2) is 66.0 Å². The molecule has 0 aliphatic rings. The van der Waals surface area contributed by atoms with Crippen LogP contribution in [0.1, 0.15) is 103 Å². The van der Waals surface area contributed by atoms with Crippen LogP contribution in [-0.2, 0) is 28.7 Å². The summed E-state index contributed by atoms with van der Waals surface area (Å²) in [5.41, 5.74) is 5.37. The molecule has 43 heavy (non-hydrogen) atoms. The predicted molar refractivity (Wildman–Crippen MR) is 163 cm³/mol. The van der Waals surface area contributed by atoms with Gasteiger partial charge in [-0.15, -0.1) is 6.42 Å². The monoisotopic (exact) mass is 600 g/mol. The van der Waals surface area contributed by atoms with Gasteiger partial charge in [-0.25, -0.2) is 4.79 Å². The fourth-order valence-electron chi connectivity index (χ4n) is 4.42. The zero-order valence-corrected chi connectivity index (χ0v) is 26.2. The lowest BCUT2D eigenvalue weighted by Gasteiger charge is -2.35. The number of nitrogens with one attached hydrogen (secondary N) is 2. The van der Waals surface area contributed by atoms with E-state index in [0.29, 0.717) is 17.5 Å². The highest BCUT2D eigenvalue weighted by atomic mass is 16.6. The maximum absolute atomic E-state index is 14.2. The van der Waals surface area contributed by atoms with E-state index >= 15 is 0 Å². The standard InChI is InChI=1S/C32H48N4O7/c1-7-10-11-12-13-16-21-36(30(40)25(22-26(33)37)35-31(41)43-32(4,5)6)28(24-18-15-14-17-23(24)8-2)29(39)34-20-19-27(38)42-9-3/h2,14-15,17-18,25,28H,7,9-13,16,19-22H2,1,3-6H3,(H2,33,37)(H,34,39)(H,35,41). The molecule has 11 heteroatoms. The second-order valence-electron chi connectivity index (χ2n) is 11.1. The number of carbonyl (C=O) groups excluding carboxylic acids is 5. The number of primary amides is 1. The number of benzene rings is 1. The van der Waals surface area contributed by atoms with Gasteiger partial charge in [0, 0.05) is 18.7 Å². The molecule has 11 nitrogen and oxygen atoms in total. The number of amides is 4. The molecule has 0 saturated carbocycles. The third-order valence-corrected chi connectivity index (χ3v) is 6.33. The zero-order valence-electron chi connectivity index (χ0n) is 26.2. The molecule has 1 aromatic rings. The topological polar surface area (TPSA) is 157 Å². The van der Waals surface area contributed by atoms with Crippen LogP contribution in [0.5, 0.6) is 0 Å². The molecule has 4 N–H and O–H groups in total. The minimum Gasteiger partial charge on any atom is -0.466 e. The van der Waals surface area contributed by atoms with Gasteiger partial charge < -0.3 is 30.7 Å². The summed E-state index contributed by atoms with van der Waals surface area (Å²) in [5.74, 6) is -0.0166. The summed E-state index contributed by atoms with van der Waals surface area (Å²) >= 11 is 0. The van der Waals surface area contributed by atoms with Crippen LogP contribution in [0.4, 0.5) is 4.79 Å². The molecule has 2 atom stereocenters. The molecule has 0 fully saturated rings. The van der Waals surface area contributed by atoms with Gasteiger partial charge in [-0.1, -0.05) is 63.1 Å². The maximum Gasteiger partial charge on any atom is 0.408 e. The van der Waals surface area contributed by atoms with E-state index in [-0.39, 0.29) is 26.1 Å². The number of rotatable bonds is 18. The van der Waals surface area contributed by atoms with Crippen molar-refractivity contribution in [2.45, 2.75) is 104 Å². The zero-order chi connectivity index (χ0) is 32.4. The largest absolute Gasteiger partial charge is 0.466 e. The SMILES string of the molecule is C#Cc1ccccc1C(C(=O)NCCC(=O)OCC)N(CCCCCCCC)C(=O)C(CC(N)=O)NC(=O)OC(C)(C)C. The van der Waals surface area contributed by atoms with Crippen molar-refractivity contribution in [3.05, 3.63) is 35.4 Å². The number of unbranched alkanes of at least 4 members (excludes halogenated alkanes) is 5. The highest BCUT2D eigenvalue weighted by Gasteiger charge is 2.37. The maximum atomic E-state index is 14.2. The number of hydrogen-bond acceptors (Lipinski definition) is 7. The van der Waals surface area contributed by atoms with Crippen LogP contribution in [0.3, 0.4) is 0 Å². The van der Waals surface area contributed by atoms with Crippen molar-refractivity contribution in [3.63, 3.8) is 0 Å². The Hall–Kier alpha value is -4.07. The van der Waals surface area contributed by atoms with E-state index in [0.717, 1.165) is 32.1 Å². The number of hydrogen-bond donors (Lipinski definition) is 3. The summed E-state index contributed by atoms with van der Waals surface area (Å²) in [6.07, 6.45) is 9.76. The first-order valence-corrected chi connectivity index (χ1v) is 14.9. The third kappa shape index (κ3) is 14.1. The van der Waals surface area contributed by atoms with E-state index in [1.165, 1.54) is 4.90 Å². The number of esters is 1.